The predicted octanol–water partition coefficient (Wildman–Crippen LogP) is 4.76. The van der Waals surface area contributed by atoms with E-state index in [0.29, 0.717) is 20.9 Å². The summed E-state index contributed by atoms with van der Waals surface area (Å²) >= 11 is 2.27. The van der Waals surface area contributed by atoms with Crippen LogP contribution in [-0.2, 0) is 4.79 Å². The van der Waals surface area contributed by atoms with Crippen molar-refractivity contribution in [2.24, 2.45) is 0 Å². The van der Waals surface area contributed by atoms with E-state index in [-0.39, 0.29) is 17.2 Å². The molecule has 28 heavy (non-hydrogen) atoms. The monoisotopic (exact) mass is 415 g/mol. The number of hydrogen-bond acceptors (Lipinski definition) is 7. The Labute approximate surface area is 169 Å². The Kier molecular flexibility index (Phi) is 4.94. The first kappa shape index (κ1) is 18.7. The van der Waals surface area contributed by atoms with E-state index in [1.54, 1.807) is 25.3 Å². The Morgan fingerprint density at radius 2 is 2.11 bits per heavy atom. The van der Waals surface area contributed by atoms with Gasteiger partial charge in [0, 0.05) is 18.2 Å². The number of benzene rings is 1. The highest BCUT2D eigenvalue weighted by atomic mass is 32.2. The highest BCUT2D eigenvalue weighted by Crippen LogP contribution is 2.35. The van der Waals surface area contributed by atoms with Crippen LogP contribution < -0.4 is 4.74 Å². The fraction of sp³-hybridized carbons (Fsp3) is 0.211. The van der Waals surface area contributed by atoms with Gasteiger partial charge in [-0.05, 0) is 61.6 Å². The van der Waals surface area contributed by atoms with E-state index in [4.69, 9.17) is 9.15 Å². The standard InChI is InChI=1S/C19H17N3O4S2/c1-10(2)22-17(23)15(27-19(22)24)9-12-5-7-16(26-12)28-18-20-13-6-4-11(25-3)8-14(13)21-18/h4-10H,1-3H3,(H,20,21)/b15-9-. The number of thioether (sulfide) groups is 1. The fourth-order valence-electron chi connectivity index (χ4n) is 2.76. The van der Waals surface area contributed by atoms with Crippen molar-refractivity contribution in [1.29, 1.82) is 0 Å². The first-order chi connectivity index (χ1) is 13.4. The molecule has 7 nitrogen and oxygen atoms in total. The molecule has 1 N–H and O–H groups in total. The van der Waals surface area contributed by atoms with Crippen LogP contribution in [0.1, 0.15) is 19.6 Å². The molecule has 0 bridgehead atoms. The molecular weight excluding hydrogens is 398 g/mol. The summed E-state index contributed by atoms with van der Waals surface area (Å²) in [5.74, 6) is 0.972. The van der Waals surface area contributed by atoms with Crippen LogP contribution in [0.2, 0.25) is 0 Å². The third kappa shape index (κ3) is 3.55. The maximum Gasteiger partial charge on any atom is 0.293 e. The number of hydrogen-bond donors (Lipinski definition) is 1. The Morgan fingerprint density at radius 3 is 2.82 bits per heavy atom. The quantitative estimate of drug-likeness (QED) is 0.601. The molecule has 1 saturated heterocycles. The van der Waals surface area contributed by atoms with Crippen LogP contribution in [0, 0.1) is 0 Å². The van der Waals surface area contributed by atoms with Crippen LogP contribution >= 0.6 is 23.5 Å². The van der Waals surface area contributed by atoms with Gasteiger partial charge in [-0.15, -0.1) is 0 Å². The van der Waals surface area contributed by atoms with Crippen molar-refractivity contribution < 1.29 is 18.7 Å². The molecule has 0 spiro atoms. The first-order valence-corrected chi connectivity index (χ1v) is 10.2. The van der Waals surface area contributed by atoms with Crippen LogP contribution in [0.3, 0.4) is 0 Å². The zero-order valence-corrected chi connectivity index (χ0v) is 17.0. The smallest absolute Gasteiger partial charge is 0.293 e. The minimum atomic E-state index is -0.290. The summed E-state index contributed by atoms with van der Waals surface area (Å²) in [6.45, 7) is 3.62. The third-order valence-corrected chi connectivity index (χ3v) is 5.77. The summed E-state index contributed by atoms with van der Waals surface area (Å²) in [6, 6.07) is 9.01. The lowest BCUT2D eigenvalue weighted by Gasteiger charge is -2.16. The SMILES string of the molecule is COc1ccc2nc(Sc3ccc(/C=C4\SC(=O)N(C(C)C)C4=O)o3)[nH]c2c1. The van der Waals surface area contributed by atoms with Crippen LogP contribution in [0.4, 0.5) is 4.79 Å². The second-order valence-electron chi connectivity index (χ2n) is 6.33. The second kappa shape index (κ2) is 7.40. The fourth-order valence-corrected chi connectivity index (χ4v) is 4.47. The van der Waals surface area contributed by atoms with Gasteiger partial charge in [0.1, 0.15) is 11.5 Å². The number of nitrogens with zero attached hydrogens (tertiary/aromatic N) is 2. The third-order valence-electron chi connectivity index (χ3n) is 4.08. The molecule has 1 aromatic carbocycles. The molecule has 3 heterocycles. The number of aromatic amines is 1. The summed E-state index contributed by atoms with van der Waals surface area (Å²) in [4.78, 5) is 33.7. The lowest BCUT2D eigenvalue weighted by Crippen LogP contribution is -2.34. The Morgan fingerprint density at radius 1 is 1.29 bits per heavy atom. The van der Waals surface area contributed by atoms with Crippen LogP contribution in [-0.4, -0.2) is 39.2 Å². The number of furan rings is 1. The molecule has 0 aliphatic carbocycles. The Bertz CT molecular complexity index is 1100. The highest BCUT2D eigenvalue weighted by Gasteiger charge is 2.36. The Balaban J connectivity index is 1.52. The van der Waals surface area contributed by atoms with Gasteiger partial charge in [0.15, 0.2) is 10.2 Å². The molecule has 2 amide bonds. The first-order valence-electron chi connectivity index (χ1n) is 8.53. The zero-order chi connectivity index (χ0) is 19.8. The number of ether oxygens (including phenoxy) is 1. The number of carbonyl (C=O) groups is 2. The summed E-state index contributed by atoms with van der Waals surface area (Å²) < 4.78 is 11.0. The number of nitrogens with one attached hydrogen (secondary N) is 1. The lowest BCUT2D eigenvalue weighted by molar-refractivity contribution is -0.123. The van der Waals surface area contributed by atoms with E-state index in [1.165, 1.54) is 16.7 Å². The molecule has 1 aliphatic heterocycles. The summed E-state index contributed by atoms with van der Waals surface area (Å²) in [5.41, 5.74) is 1.70. The minimum Gasteiger partial charge on any atom is -0.497 e. The van der Waals surface area contributed by atoms with Crippen molar-refractivity contribution in [3.8, 4) is 5.75 Å². The molecule has 0 unspecified atom stereocenters. The van der Waals surface area contributed by atoms with E-state index in [9.17, 15) is 9.59 Å². The molecule has 4 rings (SSSR count). The van der Waals surface area contributed by atoms with Crippen LogP contribution in [0.25, 0.3) is 17.1 Å². The molecule has 0 atom stereocenters. The van der Waals surface area contributed by atoms with Gasteiger partial charge in [-0.25, -0.2) is 4.98 Å². The molecular formula is C19H17N3O4S2. The van der Waals surface area contributed by atoms with Crippen LogP contribution in [0.15, 0.2) is 49.9 Å². The molecule has 1 fully saturated rings. The van der Waals surface area contributed by atoms with Gasteiger partial charge >= 0.3 is 0 Å². The molecule has 144 valence electrons. The number of amides is 2. The number of aromatic nitrogens is 2. The van der Waals surface area contributed by atoms with Crippen molar-refractivity contribution in [1.82, 2.24) is 14.9 Å². The summed E-state index contributed by atoms with van der Waals surface area (Å²) in [6.07, 6.45) is 1.60. The number of carbonyl (C=O) groups excluding carboxylic acids is 2. The number of imide groups is 1. The van der Waals surface area contributed by atoms with Gasteiger partial charge < -0.3 is 14.1 Å². The number of imidazole rings is 1. The average molecular weight is 415 g/mol. The molecule has 9 heteroatoms. The van der Waals surface area contributed by atoms with E-state index in [2.05, 4.69) is 9.97 Å². The predicted molar refractivity (Wildman–Crippen MR) is 108 cm³/mol. The van der Waals surface area contributed by atoms with E-state index >= 15 is 0 Å². The van der Waals surface area contributed by atoms with Crippen molar-refractivity contribution in [3.05, 3.63) is 41.0 Å². The number of methoxy groups -OCH3 is 1. The maximum atomic E-state index is 12.4. The molecule has 3 aromatic rings. The van der Waals surface area contributed by atoms with Gasteiger partial charge in [0.05, 0.1) is 23.0 Å². The van der Waals surface area contributed by atoms with E-state index in [0.717, 1.165) is 28.5 Å². The summed E-state index contributed by atoms with van der Waals surface area (Å²) in [5, 5.41) is 1.05. The molecule has 2 aromatic heterocycles. The van der Waals surface area contributed by atoms with Gasteiger partial charge in [0.2, 0.25) is 0 Å². The van der Waals surface area contributed by atoms with E-state index < -0.39 is 0 Å². The second-order valence-corrected chi connectivity index (χ2v) is 8.32. The average Bonchev–Trinajstić information content (AvgIpc) is 3.32. The van der Waals surface area contributed by atoms with Gasteiger partial charge in [-0.2, -0.15) is 0 Å². The zero-order valence-electron chi connectivity index (χ0n) is 15.4. The van der Waals surface area contributed by atoms with Crippen molar-refractivity contribution in [3.63, 3.8) is 0 Å². The lowest BCUT2D eigenvalue weighted by atomic mass is 10.3. The molecule has 1 aliphatic rings. The summed E-state index contributed by atoms with van der Waals surface area (Å²) in [7, 11) is 1.62. The van der Waals surface area contributed by atoms with E-state index in [1.807, 2.05) is 32.0 Å². The molecule has 0 saturated carbocycles. The van der Waals surface area contributed by atoms with Gasteiger partial charge in [0.25, 0.3) is 11.1 Å². The normalized spacial score (nSPS) is 16.1. The molecule has 0 radical (unpaired) electrons. The largest absolute Gasteiger partial charge is 0.497 e. The maximum absolute atomic E-state index is 12.4. The highest BCUT2D eigenvalue weighted by molar-refractivity contribution is 8.18. The number of rotatable bonds is 5. The van der Waals surface area contributed by atoms with Gasteiger partial charge in [-0.3, -0.25) is 14.5 Å². The van der Waals surface area contributed by atoms with Crippen LogP contribution in [0.5, 0.6) is 5.75 Å². The van der Waals surface area contributed by atoms with Crippen molar-refractivity contribution >= 4 is 51.8 Å². The van der Waals surface area contributed by atoms with Crippen molar-refractivity contribution in [2.75, 3.05) is 7.11 Å². The number of H-pyrrole nitrogens is 1. The topological polar surface area (TPSA) is 88.4 Å². The minimum absolute atomic E-state index is 0.173. The van der Waals surface area contributed by atoms with Gasteiger partial charge in [-0.1, -0.05) is 0 Å². The number of fused-ring (bicyclic) bond motifs is 1. The van der Waals surface area contributed by atoms with Crippen molar-refractivity contribution in [2.45, 2.75) is 30.1 Å². The Hall–Kier alpha value is -2.65.